The van der Waals surface area contributed by atoms with Crippen molar-refractivity contribution in [3.05, 3.63) is 53.3 Å². The molecule has 2 N–H and O–H groups in total. The molecule has 0 aliphatic carbocycles. The van der Waals surface area contributed by atoms with Crippen LogP contribution in [-0.4, -0.2) is 50.1 Å². The third-order valence-corrected chi connectivity index (χ3v) is 4.43. The molecule has 0 aliphatic rings. The van der Waals surface area contributed by atoms with Gasteiger partial charge in [0, 0.05) is 49.9 Å². The van der Waals surface area contributed by atoms with Gasteiger partial charge in [-0.25, -0.2) is 0 Å². The van der Waals surface area contributed by atoms with Crippen LogP contribution in [0, 0.1) is 6.92 Å². The first-order valence-corrected chi connectivity index (χ1v) is 9.40. The van der Waals surface area contributed by atoms with Gasteiger partial charge in [0.2, 0.25) is 0 Å². The molecule has 1 aromatic heterocycles. The molecule has 0 fully saturated rings. The number of nitrogens with zero attached hydrogens (tertiary/aromatic N) is 2. The summed E-state index contributed by atoms with van der Waals surface area (Å²) in [6.07, 6.45) is 1.45. The van der Waals surface area contributed by atoms with Gasteiger partial charge in [0.1, 0.15) is 5.69 Å². The Morgan fingerprint density at radius 3 is 2.50 bits per heavy atom. The standard InChI is InChI=1S/C21H28N4O3/c1-5-25(6-2)17-7-8-18(15(3)13-17)24-20(26)16-9-10-22-19(14-16)21(27)23-11-12-28-4/h7-10,13-14H,5-6,11-12H2,1-4H3,(H,23,27)(H,24,26). The molecule has 7 nitrogen and oxygen atoms in total. The second kappa shape index (κ2) is 10.4. The number of aryl methyl sites for hydroxylation is 1. The van der Waals surface area contributed by atoms with Crippen LogP contribution in [-0.2, 0) is 4.74 Å². The number of hydrogen-bond acceptors (Lipinski definition) is 5. The summed E-state index contributed by atoms with van der Waals surface area (Å²) in [5.41, 5.74) is 3.41. The number of benzene rings is 1. The molecule has 0 bridgehead atoms. The van der Waals surface area contributed by atoms with E-state index in [4.69, 9.17) is 4.74 Å². The molecule has 150 valence electrons. The van der Waals surface area contributed by atoms with E-state index in [-0.39, 0.29) is 17.5 Å². The first-order chi connectivity index (χ1) is 13.5. The zero-order chi connectivity index (χ0) is 20.5. The maximum Gasteiger partial charge on any atom is 0.269 e. The lowest BCUT2D eigenvalue weighted by Gasteiger charge is -2.22. The molecule has 2 aromatic rings. The van der Waals surface area contributed by atoms with Gasteiger partial charge in [0.15, 0.2) is 0 Å². The number of pyridine rings is 1. The van der Waals surface area contributed by atoms with Crippen molar-refractivity contribution in [2.75, 3.05) is 43.6 Å². The van der Waals surface area contributed by atoms with Crippen molar-refractivity contribution >= 4 is 23.2 Å². The number of carbonyl (C=O) groups excluding carboxylic acids is 2. The molecule has 2 rings (SSSR count). The van der Waals surface area contributed by atoms with Crippen LogP contribution in [0.15, 0.2) is 36.5 Å². The van der Waals surface area contributed by atoms with Crippen molar-refractivity contribution in [1.29, 1.82) is 0 Å². The highest BCUT2D eigenvalue weighted by molar-refractivity contribution is 6.06. The molecule has 28 heavy (non-hydrogen) atoms. The van der Waals surface area contributed by atoms with E-state index in [1.165, 1.54) is 12.3 Å². The Labute approximate surface area is 166 Å². The van der Waals surface area contributed by atoms with E-state index in [2.05, 4.69) is 40.4 Å². The average Bonchev–Trinajstić information content (AvgIpc) is 2.71. The molecule has 0 saturated heterocycles. The minimum absolute atomic E-state index is 0.192. The number of anilines is 2. The molecule has 0 radical (unpaired) electrons. The molecular weight excluding hydrogens is 356 g/mol. The molecule has 0 aliphatic heterocycles. The van der Waals surface area contributed by atoms with Gasteiger partial charge in [-0.15, -0.1) is 0 Å². The Balaban J connectivity index is 2.10. The van der Waals surface area contributed by atoms with Gasteiger partial charge in [-0.3, -0.25) is 14.6 Å². The van der Waals surface area contributed by atoms with Crippen LogP contribution in [0.5, 0.6) is 0 Å². The molecule has 2 amide bonds. The number of nitrogens with one attached hydrogen (secondary N) is 2. The smallest absolute Gasteiger partial charge is 0.269 e. The summed E-state index contributed by atoms with van der Waals surface area (Å²) in [4.78, 5) is 31.0. The largest absolute Gasteiger partial charge is 0.383 e. The van der Waals surface area contributed by atoms with E-state index >= 15 is 0 Å². The van der Waals surface area contributed by atoms with Gasteiger partial charge in [-0.05, 0) is 56.7 Å². The maximum atomic E-state index is 12.6. The summed E-state index contributed by atoms with van der Waals surface area (Å²) < 4.78 is 4.90. The van der Waals surface area contributed by atoms with Gasteiger partial charge in [-0.1, -0.05) is 0 Å². The highest BCUT2D eigenvalue weighted by Gasteiger charge is 2.13. The Kier molecular flexibility index (Phi) is 7.95. The summed E-state index contributed by atoms with van der Waals surface area (Å²) in [6.45, 7) is 8.83. The number of amides is 2. The third kappa shape index (κ3) is 5.53. The maximum absolute atomic E-state index is 12.6. The Morgan fingerprint density at radius 2 is 1.86 bits per heavy atom. The quantitative estimate of drug-likeness (QED) is 0.650. The fraction of sp³-hybridized carbons (Fsp3) is 0.381. The van der Waals surface area contributed by atoms with E-state index in [9.17, 15) is 9.59 Å². The minimum atomic E-state index is -0.341. The van der Waals surface area contributed by atoms with Crippen molar-refractivity contribution in [3.63, 3.8) is 0 Å². The normalized spacial score (nSPS) is 10.4. The molecular formula is C21H28N4O3. The van der Waals surface area contributed by atoms with E-state index < -0.39 is 0 Å². The summed E-state index contributed by atoms with van der Waals surface area (Å²) >= 11 is 0. The van der Waals surface area contributed by atoms with Crippen LogP contribution in [0.25, 0.3) is 0 Å². The Bertz CT molecular complexity index is 819. The van der Waals surface area contributed by atoms with Gasteiger partial charge in [0.05, 0.1) is 6.61 Å². The van der Waals surface area contributed by atoms with Crippen molar-refractivity contribution in [3.8, 4) is 0 Å². The second-order valence-corrected chi connectivity index (χ2v) is 6.30. The van der Waals surface area contributed by atoms with Crippen LogP contribution < -0.4 is 15.5 Å². The predicted molar refractivity (Wildman–Crippen MR) is 111 cm³/mol. The fourth-order valence-electron chi connectivity index (χ4n) is 2.82. The van der Waals surface area contributed by atoms with Crippen LogP contribution in [0.4, 0.5) is 11.4 Å². The van der Waals surface area contributed by atoms with Gasteiger partial charge in [0.25, 0.3) is 11.8 Å². The first kappa shape index (κ1) is 21.4. The minimum Gasteiger partial charge on any atom is -0.383 e. The molecule has 0 saturated carbocycles. The number of ether oxygens (including phenoxy) is 1. The van der Waals surface area contributed by atoms with E-state index in [0.29, 0.717) is 18.7 Å². The lowest BCUT2D eigenvalue weighted by atomic mass is 10.1. The fourth-order valence-corrected chi connectivity index (χ4v) is 2.82. The highest BCUT2D eigenvalue weighted by Crippen LogP contribution is 2.23. The Morgan fingerprint density at radius 1 is 1.11 bits per heavy atom. The lowest BCUT2D eigenvalue weighted by Crippen LogP contribution is -2.28. The number of methoxy groups -OCH3 is 1. The second-order valence-electron chi connectivity index (χ2n) is 6.30. The predicted octanol–water partition coefficient (Wildman–Crippen LogP) is 2.86. The SMILES string of the molecule is CCN(CC)c1ccc(NC(=O)c2ccnc(C(=O)NCCOC)c2)c(C)c1. The van der Waals surface area contributed by atoms with Crippen molar-refractivity contribution in [2.45, 2.75) is 20.8 Å². The van der Waals surface area contributed by atoms with Gasteiger partial charge in [-0.2, -0.15) is 0 Å². The van der Waals surface area contributed by atoms with Crippen LogP contribution in [0.3, 0.4) is 0 Å². The molecule has 7 heteroatoms. The molecule has 1 heterocycles. The van der Waals surface area contributed by atoms with E-state index in [1.807, 2.05) is 19.1 Å². The van der Waals surface area contributed by atoms with Gasteiger partial charge < -0.3 is 20.3 Å². The summed E-state index contributed by atoms with van der Waals surface area (Å²) in [5.74, 6) is -0.626. The first-order valence-electron chi connectivity index (χ1n) is 9.40. The summed E-state index contributed by atoms with van der Waals surface area (Å²) in [6, 6.07) is 9.03. The van der Waals surface area contributed by atoms with Gasteiger partial charge >= 0.3 is 0 Å². The zero-order valence-corrected chi connectivity index (χ0v) is 16.9. The van der Waals surface area contributed by atoms with Crippen molar-refractivity contribution < 1.29 is 14.3 Å². The van der Waals surface area contributed by atoms with Crippen LogP contribution in [0.2, 0.25) is 0 Å². The number of carbonyl (C=O) groups is 2. The molecule has 0 unspecified atom stereocenters. The molecule has 1 aromatic carbocycles. The van der Waals surface area contributed by atoms with Crippen molar-refractivity contribution in [2.24, 2.45) is 0 Å². The number of rotatable bonds is 9. The zero-order valence-electron chi connectivity index (χ0n) is 16.9. The van der Waals surface area contributed by atoms with Crippen LogP contribution >= 0.6 is 0 Å². The summed E-state index contributed by atoms with van der Waals surface area (Å²) in [5, 5.41) is 5.60. The topological polar surface area (TPSA) is 83.6 Å². The summed E-state index contributed by atoms with van der Waals surface area (Å²) in [7, 11) is 1.56. The van der Waals surface area contributed by atoms with Crippen LogP contribution in [0.1, 0.15) is 40.3 Å². The lowest BCUT2D eigenvalue weighted by molar-refractivity contribution is 0.0932. The monoisotopic (exact) mass is 384 g/mol. The molecule has 0 atom stereocenters. The average molecular weight is 384 g/mol. The third-order valence-electron chi connectivity index (χ3n) is 4.43. The Hall–Kier alpha value is -2.93. The number of hydrogen-bond donors (Lipinski definition) is 2. The highest BCUT2D eigenvalue weighted by atomic mass is 16.5. The van der Waals surface area contributed by atoms with E-state index in [0.717, 1.165) is 30.0 Å². The van der Waals surface area contributed by atoms with Crippen molar-refractivity contribution in [1.82, 2.24) is 10.3 Å². The van der Waals surface area contributed by atoms with E-state index in [1.54, 1.807) is 13.2 Å². The number of aromatic nitrogens is 1. The molecule has 0 spiro atoms.